The lowest BCUT2D eigenvalue weighted by atomic mass is 10.1. The molecule has 0 atom stereocenters. The summed E-state index contributed by atoms with van der Waals surface area (Å²) in [5.41, 5.74) is 11.6. The lowest BCUT2D eigenvalue weighted by Gasteiger charge is -2.15. The molecule has 9 aromatic rings. The van der Waals surface area contributed by atoms with Crippen LogP contribution in [0.1, 0.15) is 0 Å². The summed E-state index contributed by atoms with van der Waals surface area (Å²) in [5.74, 6) is 0. The highest BCUT2D eigenvalue weighted by Gasteiger charge is 2.22. The molecule has 0 unspecified atom stereocenters. The van der Waals surface area contributed by atoms with Gasteiger partial charge in [-0.1, -0.05) is 115 Å². The topological polar surface area (TPSA) is 35.6 Å². The average Bonchev–Trinajstić information content (AvgIpc) is 3.62. The van der Waals surface area contributed by atoms with Gasteiger partial charge in [-0.05, 0) is 36.4 Å². The molecule has 0 aliphatic rings. The number of pyridine rings is 2. The maximum absolute atomic E-state index is 5.17. The number of hydrogen-bond donors (Lipinski definition) is 0. The minimum atomic E-state index is 0.927. The second-order valence-electron chi connectivity index (χ2n) is 11.1. The van der Waals surface area contributed by atoms with Crippen LogP contribution >= 0.6 is 0 Å². The van der Waals surface area contributed by atoms with Crippen LogP contribution in [-0.4, -0.2) is 19.1 Å². The molecule has 5 aromatic carbocycles. The van der Waals surface area contributed by atoms with E-state index in [0.29, 0.717) is 0 Å². The Balaban J connectivity index is 1.48. The number of fused-ring (bicyclic) bond motifs is 7. The van der Waals surface area contributed by atoms with Gasteiger partial charge < -0.3 is 9.13 Å². The third-order valence-electron chi connectivity index (χ3n) is 8.53. The lowest BCUT2D eigenvalue weighted by Crippen LogP contribution is -2.01. The Hall–Kier alpha value is -6.00. The van der Waals surface area contributed by atoms with Gasteiger partial charge in [0.15, 0.2) is 0 Å². The summed E-state index contributed by atoms with van der Waals surface area (Å²) in [6.45, 7) is 0. The van der Waals surface area contributed by atoms with Crippen molar-refractivity contribution in [1.82, 2.24) is 19.1 Å². The Morgan fingerprint density at radius 1 is 0.409 bits per heavy atom. The first-order valence-electron chi connectivity index (χ1n) is 14.9. The smallest absolute Gasteiger partial charge is 0.0985 e. The second kappa shape index (κ2) is 9.79. The van der Waals surface area contributed by atoms with E-state index in [4.69, 9.17) is 9.97 Å². The highest BCUT2D eigenvalue weighted by molar-refractivity contribution is 6.22. The van der Waals surface area contributed by atoms with E-state index >= 15 is 0 Å². The van der Waals surface area contributed by atoms with Gasteiger partial charge >= 0.3 is 0 Å². The molecule has 0 aliphatic heterocycles. The Bertz CT molecular complexity index is 2420. The molecule has 0 bridgehead atoms. The predicted molar refractivity (Wildman–Crippen MR) is 182 cm³/mol. The zero-order valence-corrected chi connectivity index (χ0v) is 23.8. The van der Waals surface area contributed by atoms with Gasteiger partial charge in [0.1, 0.15) is 0 Å². The Morgan fingerprint density at radius 3 is 1.55 bits per heavy atom. The van der Waals surface area contributed by atoms with Crippen molar-refractivity contribution in [2.75, 3.05) is 0 Å². The van der Waals surface area contributed by atoms with E-state index < -0.39 is 0 Å². The molecular weight excluding hydrogens is 536 g/mol. The fourth-order valence-electron chi connectivity index (χ4n) is 6.60. The number of hydrogen-bond acceptors (Lipinski definition) is 2. The summed E-state index contributed by atoms with van der Waals surface area (Å²) in [6, 6.07) is 53.1. The van der Waals surface area contributed by atoms with E-state index in [0.717, 1.165) is 72.2 Å². The van der Waals surface area contributed by atoms with Crippen molar-refractivity contribution in [3.63, 3.8) is 0 Å². The van der Waals surface area contributed by atoms with Gasteiger partial charge in [0, 0.05) is 39.2 Å². The third kappa shape index (κ3) is 3.71. The SMILES string of the molecule is c1ccc(-c2cc(-n3c4ccccc4c4ncc5c6ccccc6n(-c6ccccc6)c5c43)cc(-c3ccccc3)n2)cc1. The van der Waals surface area contributed by atoms with Gasteiger partial charge in [0.25, 0.3) is 0 Å². The molecule has 0 radical (unpaired) electrons. The van der Waals surface area contributed by atoms with Crippen molar-refractivity contribution >= 4 is 43.7 Å². The molecule has 206 valence electrons. The summed E-state index contributed by atoms with van der Waals surface area (Å²) in [4.78, 5) is 10.3. The first-order valence-corrected chi connectivity index (χ1v) is 14.9. The molecule has 9 rings (SSSR count). The molecular formula is C40H26N4. The summed E-state index contributed by atoms with van der Waals surface area (Å²) in [7, 11) is 0. The van der Waals surface area contributed by atoms with Crippen molar-refractivity contribution in [3.05, 3.63) is 158 Å². The highest BCUT2D eigenvalue weighted by atomic mass is 15.1. The molecule has 0 amide bonds. The predicted octanol–water partition coefficient (Wildman–Crippen LogP) is 10.0. The monoisotopic (exact) mass is 562 g/mol. The van der Waals surface area contributed by atoms with Gasteiger partial charge in [0.05, 0.1) is 44.7 Å². The standard InChI is InChI=1S/C40H26N4/c1-4-14-27(15-5-1)34-24-30(25-35(42-34)28-16-6-2-7-17-28)44-37-23-13-11-21-32(37)38-40(44)39-33(26-41-38)31-20-10-12-22-36(31)43(39)29-18-8-3-9-19-29/h1-26H. The molecule has 0 aliphatic carbocycles. The van der Waals surface area contributed by atoms with Crippen molar-refractivity contribution in [2.45, 2.75) is 0 Å². The zero-order valence-electron chi connectivity index (χ0n) is 23.8. The van der Waals surface area contributed by atoms with E-state index in [1.54, 1.807) is 0 Å². The molecule has 44 heavy (non-hydrogen) atoms. The summed E-state index contributed by atoms with van der Waals surface area (Å²) < 4.78 is 4.78. The molecule has 0 saturated heterocycles. The maximum atomic E-state index is 5.17. The maximum Gasteiger partial charge on any atom is 0.0985 e. The van der Waals surface area contributed by atoms with Gasteiger partial charge in [-0.3, -0.25) is 4.98 Å². The largest absolute Gasteiger partial charge is 0.307 e. The van der Waals surface area contributed by atoms with Crippen molar-refractivity contribution in [2.24, 2.45) is 0 Å². The lowest BCUT2D eigenvalue weighted by molar-refractivity contribution is 1.14. The fraction of sp³-hybridized carbons (Fsp3) is 0. The van der Waals surface area contributed by atoms with Crippen LogP contribution in [0, 0.1) is 0 Å². The molecule has 4 nitrogen and oxygen atoms in total. The van der Waals surface area contributed by atoms with Gasteiger partial charge in [-0.25, -0.2) is 4.98 Å². The minimum absolute atomic E-state index is 0.927. The van der Waals surface area contributed by atoms with Crippen LogP contribution in [0.25, 0.3) is 77.6 Å². The van der Waals surface area contributed by atoms with Crippen LogP contribution in [0.2, 0.25) is 0 Å². The molecule has 4 heteroatoms. The van der Waals surface area contributed by atoms with E-state index in [9.17, 15) is 0 Å². The molecule has 4 aromatic heterocycles. The molecule has 0 saturated carbocycles. The van der Waals surface area contributed by atoms with Crippen LogP contribution in [0.15, 0.2) is 158 Å². The van der Waals surface area contributed by atoms with Gasteiger partial charge in [0.2, 0.25) is 0 Å². The van der Waals surface area contributed by atoms with Crippen LogP contribution in [0.4, 0.5) is 0 Å². The van der Waals surface area contributed by atoms with Crippen molar-refractivity contribution < 1.29 is 0 Å². The molecule has 0 spiro atoms. The first-order chi connectivity index (χ1) is 21.8. The van der Waals surface area contributed by atoms with E-state index in [2.05, 4.69) is 149 Å². The van der Waals surface area contributed by atoms with E-state index in [1.807, 2.05) is 18.3 Å². The molecule has 4 heterocycles. The van der Waals surface area contributed by atoms with Crippen LogP contribution < -0.4 is 0 Å². The normalized spacial score (nSPS) is 11.6. The summed E-state index contributed by atoms with van der Waals surface area (Å²) in [6.07, 6.45) is 2.05. The number of para-hydroxylation sites is 3. The fourth-order valence-corrected chi connectivity index (χ4v) is 6.60. The highest BCUT2D eigenvalue weighted by Crippen LogP contribution is 2.41. The van der Waals surface area contributed by atoms with Crippen molar-refractivity contribution in [1.29, 1.82) is 0 Å². The number of rotatable bonds is 4. The minimum Gasteiger partial charge on any atom is -0.307 e. The Morgan fingerprint density at radius 2 is 0.909 bits per heavy atom. The Labute approximate surface area is 254 Å². The van der Waals surface area contributed by atoms with Crippen LogP contribution in [-0.2, 0) is 0 Å². The summed E-state index contributed by atoms with van der Waals surface area (Å²) in [5, 5.41) is 3.43. The van der Waals surface area contributed by atoms with Crippen LogP contribution in [0.3, 0.4) is 0 Å². The molecule has 0 fully saturated rings. The number of aromatic nitrogens is 4. The quantitative estimate of drug-likeness (QED) is 0.214. The summed E-state index contributed by atoms with van der Waals surface area (Å²) >= 11 is 0. The second-order valence-corrected chi connectivity index (χ2v) is 11.1. The van der Waals surface area contributed by atoms with Crippen molar-refractivity contribution in [3.8, 4) is 33.9 Å². The average molecular weight is 563 g/mol. The Kier molecular flexibility index (Phi) is 5.47. The van der Waals surface area contributed by atoms with E-state index in [1.165, 1.54) is 5.39 Å². The third-order valence-corrected chi connectivity index (χ3v) is 8.53. The van der Waals surface area contributed by atoms with Gasteiger partial charge in [-0.15, -0.1) is 0 Å². The van der Waals surface area contributed by atoms with Gasteiger partial charge in [-0.2, -0.15) is 0 Å². The number of benzene rings is 5. The molecule has 0 N–H and O–H groups in total. The number of nitrogens with zero attached hydrogens (tertiary/aromatic N) is 4. The van der Waals surface area contributed by atoms with Crippen LogP contribution in [0.5, 0.6) is 0 Å². The first kappa shape index (κ1) is 24.6. The zero-order chi connectivity index (χ0) is 29.0. The van der Waals surface area contributed by atoms with E-state index in [-0.39, 0.29) is 0 Å².